The number of sulfonamides is 2. The number of carbonyl (C=O) groups excluding carboxylic acids is 1. The molecule has 10 rings (SSSR count). The van der Waals surface area contributed by atoms with Gasteiger partial charge in [0.05, 0.1) is 34.1 Å². The van der Waals surface area contributed by atoms with E-state index in [1.165, 1.54) is 74.5 Å². The second-order valence-electron chi connectivity index (χ2n) is 12.8. The number of nitrogens with one attached hydrogen (secondary N) is 2. The molecule has 0 fully saturated rings. The maximum absolute atomic E-state index is 14.2. The van der Waals surface area contributed by atoms with Gasteiger partial charge in [-0.25, -0.2) is 30.2 Å². The minimum Gasteiger partial charge on any atom is -0.507 e. The van der Waals surface area contributed by atoms with Crippen LogP contribution in [0.15, 0.2) is 105 Å². The minimum atomic E-state index is -4.91. The first-order valence-electron chi connectivity index (χ1n) is 16.1. The molecule has 4 aliphatic rings. The molecule has 6 aromatic rings. The zero-order chi connectivity index (χ0) is 40.4. The first-order chi connectivity index (χ1) is 26.2. The van der Waals surface area contributed by atoms with Crippen molar-refractivity contribution in [3.63, 3.8) is 0 Å². The molecule has 4 bridgehead atoms. The molecule has 0 spiro atoms. The molecular formula is C35H26N4O13S4. The molecule has 0 aromatic heterocycles. The Morgan fingerprint density at radius 1 is 0.554 bits per heavy atom. The first-order valence-corrected chi connectivity index (χ1v) is 21.8. The minimum absolute atomic E-state index is 0.0176. The zero-order valence-electron chi connectivity index (χ0n) is 28.6. The van der Waals surface area contributed by atoms with Crippen LogP contribution in [0.5, 0.6) is 11.5 Å². The summed E-state index contributed by atoms with van der Waals surface area (Å²) in [6.07, 6.45) is 0. The van der Waals surface area contributed by atoms with Crippen molar-refractivity contribution >= 4 is 102 Å². The van der Waals surface area contributed by atoms with Gasteiger partial charge in [0.2, 0.25) is 0 Å². The van der Waals surface area contributed by atoms with Crippen molar-refractivity contribution in [2.75, 3.05) is 19.2 Å². The predicted molar refractivity (Wildman–Crippen MR) is 205 cm³/mol. The number of benzene rings is 6. The third kappa shape index (κ3) is 5.27. The van der Waals surface area contributed by atoms with E-state index in [0.717, 1.165) is 32.9 Å². The van der Waals surface area contributed by atoms with E-state index in [2.05, 4.69) is 10.6 Å². The third-order valence-electron chi connectivity index (χ3n) is 9.66. The fraction of sp³-hybridized carbons (Fsp3) is 0.0571. The van der Waals surface area contributed by atoms with E-state index >= 15 is 0 Å². The van der Waals surface area contributed by atoms with E-state index in [0.29, 0.717) is 0 Å². The highest BCUT2D eigenvalue weighted by molar-refractivity contribution is 7.94. The van der Waals surface area contributed by atoms with Crippen molar-refractivity contribution in [1.29, 1.82) is 0 Å². The Balaban J connectivity index is 1.19. The van der Waals surface area contributed by atoms with Crippen molar-refractivity contribution in [3.8, 4) is 11.5 Å². The van der Waals surface area contributed by atoms with Gasteiger partial charge in [0, 0.05) is 21.5 Å². The normalized spacial score (nSPS) is 15.4. The maximum atomic E-state index is 14.2. The molecule has 6 N–H and O–H groups in total. The summed E-state index contributed by atoms with van der Waals surface area (Å²) >= 11 is 0. The Labute approximate surface area is 318 Å². The molecule has 0 atom stereocenters. The van der Waals surface area contributed by atoms with Crippen LogP contribution in [0.2, 0.25) is 0 Å². The van der Waals surface area contributed by atoms with E-state index in [4.69, 9.17) is 0 Å². The Morgan fingerprint density at radius 2 is 0.929 bits per heavy atom. The second kappa shape index (κ2) is 12.0. The monoisotopic (exact) mass is 838 g/mol. The Morgan fingerprint density at radius 3 is 1.29 bits per heavy atom. The fourth-order valence-electron chi connectivity index (χ4n) is 7.21. The molecule has 0 aliphatic carbocycles. The number of nitrogens with zero attached hydrogens (tertiary/aromatic N) is 2. The van der Waals surface area contributed by atoms with E-state index in [1.807, 2.05) is 0 Å². The molecule has 0 unspecified atom stereocenters. The molecule has 56 heavy (non-hydrogen) atoms. The Bertz CT molecular complexity index is 3050. The number of hydrogen-bond acceptors (Lipinski definition) is 11. The average Bonchev–Trinajstić information content (AvgIpc) is 3.10. The molecule has 17 nitrogen and oxygen atoms in total. The predicted octanol–water partition coefficient (Wildman–Crippen LogP) is 5.84. The SMILES string of the molecule is Cc1c2ccc(c1NC(=O)Nc1c3ccc(c1C)N(c1cccc4c(O)ccc(S(=O)(=O)O)c14)S3(=O)=O)S(=O)(=O)N2c1cccc2c(O)ccc(S(=O)(=O)O)c12. The van der Waals surface area contributed by atoms with E-state index < -0.39 is 65.9 Å². The largest absolute Gasteiger partial charge is 0.507 e. The highest BCUT2D eigenvalue weighted by Gasteiger charge is 2.41. The van der Waals surface area contributed by atoms with Gasteiger partial charge in [0.25, 0.3) is 40.3 Å². The van der Waals surface area contributed by atoms with Crippen LogP contribution in [0, 0.1) is 13.8 Å². The van der Waals surface area contributed by atoms with Crippen molar-refractivity contribution in [3.05, 3.63) is 96.1 Å². The molecule has 6 aromatic carbocycles. The van der Waals surface area contributed by atoms with Gasteiger partial charge < -0.3 is 20.8 Å². The number of phenolic OH excluding ortho intramolecular Hbond substituents is 2. The number of fused-ring (bicyclic) bond motifs is 8. The summed E-state index contributed by atoms with van der Waals surface area (Å²) in [4.78, 5) is 11.5. The molecular weight excluding hydrogens is 813 g/mol. The quantitative estimate of drug-likeness (QED) is 0.108. The molecule has 0 saturated carbocycles. The Kier molecular flexibility index (Phi) is 7.93. The van der Waals surface area contributed by atoms with Crippen LogP contribution >= 0.6 is 0 Å². The summed E-state index contributed by atoms with van der Waals surface area (Å²) in [7, 11) is -19.0. The third-order valence-corrected chi connectivity index (χ3v) is 15.0. The van der Waals surface area contributed by atoms with Crippen molar-refractivity contribution in [2.24, 2.45) is 0 Å². The van der Waals surface area contributed by atoms with Gasteiger partial charge >= 0.3 is 6.03 Å². The number of amides is 2. The topological polar surface area (TPSA) is 265 Å². The van der Waals surface area contributed by atoms with Crippen LogP contribution in [-0.2, 0) is 40.3 Å². The highest BCUT2D eigenvalue weighted by Crippen LogP contribution is 2.51. The smallest absolute Gasteiger partial charge is 0.323 e. The highest BCUT2D eigenvalue weighted by atomic mass is 32.2. The standard InChI is InChI=1S/C35H26N4O13S4/c1-17-21-9-13-29(53(43,44)38(21)23-7-3-5-19-25(40)11-15-27(31(19)23)55(47,48)49)33(17)36-35(42)37-34-18(2)22-10-14-30(34)54(45,46)39(22)24-8-4-6-20-26(41)12-16-28(32(20)24)56(50,51)52/h3-16,40-41H,1-2H3,(H2,36,37,42)(H,47,48,49)(H,50,51,52). The van der Waals surface area contributed by atoms with Crippen LogP contribution in [0.1, 0.15) is 11.1 Å². The number of hydrogen-bond donors (Lipinski definition) is 6. The molecule has 0 saturated heterocycles. The van der Waals surface area contributed by atoms with E-state index in [-0.39, 0.29) is 78.3 Å². The summed E-state index contributed by atoms with van der Waals surface area (Å²) in [5.74, 6) is -0.769. The summed E-state index contributed by atoms with van der Waals surface area (Å²) < 4.78 is 128. The van der Waals surface area contributed by atoms with Gasteiger partial charge in [-0.1, -0.05) is 24.3 Å². The van der Waals surface area contributed by atoms with Gasteiger partial charge in [-0.15, -0.1) is 0 Å². The number of aromatic hydroxyl groups is 2. The molecule has 288 valence electrons. The molecule has 4 heterocycles. The molecule has 4 aliphatic heterocycles. The van der Waals surface area contributed by atoms with Crippen molar-refractivity contribution in [2.45, 2.75) is 33.4 Å². The van der Waals surface area contributed by atoms with Gasteiger partial charge in [-0.05, 0) is 85.6 Å². The van der Waals surface area contributed by atoms with Crippen molar-refractivity contribution < 1.29 is 57.8 Å². The average molecular weight is 839 g/mol. The summed E-state index contributed by atoms with van der Waals surface area (Å²) in [5, 5.41) is 25.3. The van der Waals surface area contributed by atoms with Crippen LogP contribution in [0.25, 0.3) is 21.5 Å². The lowest BCUT2D eigenvalue weighted by Crippen LogP contribution is -2.35. The van der Waals surface area contributed by atoms with Crippen molar-refractivity contribution in [1.82, 2.24) is 0 Å². The molecule has 2 amide bonds. The second-order valence-corrected chi connectivity index (χ2v) is 19.1. The lowest BCUT2D eigenvalue weighted by Gasteiger charge is -2.35. The summed E-state index contributed by atoms with van der Waals surface area (Å²) in [6, 6.07) is 16.2. The van der Waals surface area contributed by atoms with Gasteiger partial charge in [0.15, 0.2) is 0 Å². The van der Waals surface area contributed by atoms with Crippen LogP contribution in [0.3, 0.4) is 0 Å². The van der Waals surface area contributed by atoms with E-state index in [9.17, 15) is 57.8 Å². The van der Waals surface area contributed by atoms with Crippen LogP contribution in [0.4, 0.5) is 38.9 Å². The first kappa shape index (κ1) is 37.0. The van der Waals surface area contributed by atoms with E-state index in [1.54, 1.807) is 0 Å². The van der Waals surface area contributed by atoms with Gasteiger partial charge in [-0.3, -0.25) is 9.11 Å². The number of phenols is 2. The number of carbonyl (C=O) groups is 1. The van der Waals surface area contributed by atoms with Gasteiger partial charge in [-0.2, -0.15) is 16.8 Å². The molecule has 21 heteroatoms. The lowest BCUT2D eigenvalue weighted by atomic mass is 10.1. The van der Waals surface area contributed by atoms with Gasteiger partial charge in [0.1, 0.15) is 31.1 Å². The lowest BCUT2D eigenvalue weighted by molar-refractivity contribution is 0.262. The summed E-state index contributed by atoms with van der Waals surface area (Å²) in [5.41, 5.74) is -0.437. The molecule has 0 radical (unpaired) electrons. The fourth-order valence-corrected chi connectivity index (χ4v) is 12.2. The number of rotatable bonds is 6. The maximum Gasteiger partial charge on any atom is 0.323 e. The number of urea groups is 1. The summed E-state index contributed by atoms with van der Waals surface area (Å²) in [6.45, 7) is 2.96. The zero-order valence-corrected chi connectivity index (χ0v) is 31.8. The number of anilines is 6. The van der Waals surface area contributed by atoms with Crippen LogP contribution in [-0.4, -0.2) is 59.0 Å². The Hall–Kier alpha value is -5.97. The van der Waals surface area contributed by atoms with Crippen LogP contribution < -0.4 is 19.2 Å².